The standard InChI is InChI=1S/C14H30N2O2/c1-12(9-13-10-18-8-6-15-13)16-11-14(2,3)5-4-7-17/h12-13,15-17H,4-11H2,1-3H3. The summed E-state index contributed by atoms with van der Waals surface area (Å²) in [7, 11) is 0. The molecule has 4 nitrogen and oxygen atoms in total. The third-order valence-corrected chi connectivity index (χ3v) is 3.58. The number of nitrogens with one attached hydrogen (secondary N) is 2. The van der Waals surface area contributed by atoms with Crippen LogP contribution in [0.1, 0.15) is 40.0 Å². The van der Waals surface area contributed by atoms with Crippen LogP contribution in [0, 0.1) is 5.41 Å². The van der Waals surface area contributed by atoms with E-state index in [2.05, 4.69) is 31.4 Å². The van der Waals surface area contributed by atoms with Crippen molar-refractivity contribution in [1.29, 1.82) is 0 Å². The molecular formula is C14H30N2O2. The second-order valence-corrected chi connectivity index (χ2v) is 6.23. The largest absolute Gasteiger partial charge is 0.396 e. The van der Waals surface area contributed by atoms with Crippen molar-refractivity contribution in [2.24, 2.45) is 5.41 Å². The second-order valence-electron chi connectivity index (χ2n) is 6.23. The van der Waals surface area contributed by atoms with Crippen LogP contribution in [0.4, 0.5) is 0 Å². The van der Waals surface area contributed by atoms with Gasteiger partial charge in [-0.15, -0.1) is 0 Å². The van der Waals surface area contributed by atoms with Crippen molar-refractivity contribution in [3.63, 3.8) is 0 Å². The van der Waals surface area contributed by atoms with Gasteiger partial charge in [0.15, 0.2) is 0 Å². The second kappa shape index (κ2) is 8.10. The summed E-state index contributed by atoms with van der Waals surface area (Å²) in [5.41, 5.74) is 0.257. The summed E-state index contributed by atoms with van der Waals surface area (Å²) in [6.07, 6.45) is 3.06. The molecule has 0 aromatic carbocycles. The van der Waals surface area contributed by atoms with Crippen LogP contribution >= 0.6 is 0 Å². The Labute approximate surface area is 111 Å². The monoisotopic (exact) mass is 258 g/mol. The molecule has 18 heavy (non-hydrogen) atoms. The van der Waals surface area contributed by atoms with Crippen LogP contribution in [-0.4, -0.2) is 50.1 Å². The van der Waals surface area contributed by atoms with Gasteiger partial charge in [-0.3, -0.25) is 0 Å². The van der Waals surface area contributed by atoms with Crippen molar-refractivity contribution in [3.8, 4) is 0 Å². The van der Waals surface area contributed by atoms with Crippen molar-refractivity contribution < 1.29 is 9.84 Å². The Morgan fingerprint density at radius 2 is 2.28 bits per heavy atom. The topological polar surface area (TPSA) is 53.5 Å². The molecule has 0 saturated carbocycles. The number of hydrogen-bond donors (Lipinski definition) is 3. The van der Waals surface area contributed by atoms with E-state index in [1.165, 1.54) is 0 Å². The van der Waals surface area contributed by atoms with Crippen molar-refractivity contribution in [2.45, 2.75) is 52.1 Å². The molecule has 1 aliphatic heterocycles. The number of aliphatic hydroxyl groups excluding tert-OH is 1. The average Bonchev–Trinajstić information content (AvgIpc) is 2.36. The molecule has 2 unspecified atom stereocenters. The summed E-state index contributed by atoms with van der Waals surface area (Å²) in [6, 6.07) is 0.986. The Morgan fingerprint density at radius 1 is 1.50 bits per heavy atom. The lowest BCUT2D eigenvalue weighted by atomic mass is 9.87. The molecule has 0 aromatic heterocycles. The van der Waals surface area contributed by atoms with Gasteiger partial charge in [0.1, 0.15) is 0 Å². The van der Waals surface area contributed by atoms with Crippen LogP contribution in [0.5, 0.6) is 0 Å². The molecule has 0 amide bonds. The van der Waals surface area contributed by atoms with Gasteiger partial charge in [0, 0.05) is 31.8 Å². The fraction of sp³-hybridized carbons (Fsp3) is 1.00. The van der Waals surface area contributed by atoms with E-state index in [1.54, 1.807) is 0 Å². The average molecular weight is 258 g/mol. The molecule has 1 saturated heterocycles. The first-order chi connectivity index (χ1) is 8.53. The first-order valence-corrected chi connectivity index (χ1v) is 7.19. The van der Waals surface area contributed by atoms with Crippen LogP contribution < -0.4 is 10.6 Å². The van der Waals surface area contributed by atoms with Gasteiger partial charge in [-0.05, 0) is 31.6 Å². The highest BCUT2D eigenvalue weighted by Crippen LogP contribution is 2.21. The first-order valence-electron chi connectivity index (χ1n) is 7.19. The molecule has 2 atom stereocenters. The summed E-state index contributed by atoms with van der Waals surface area (Å²) >= 11 is 0. The molecule has 1 heterocycles. The van der Waals surface area contributed by atoms with Gasteiger partial charge in [-0.1, -0.05) is 13.8 Å². The molecule has 0 bridgehead atoms. The molecule has 0 spiro atoms. The molecule has 0 radical (unpaired) electrons. The van der Waals surface area contributed by atoms with E-state index in [0.717, 1.165) is 45.6 Å². The number of aliphatic hydroxyl groups is 1. The fourth-order valence-electron chi connectivity index (χ4n) is 2.38. The van der Waals surface area contributed by atoms with Crippen molar-refractivity contribution in [3.05, 3.63) is 0 Å². The molecule has 3 N–H and O–H groups in total. The Balaban J connectivity index is 2.16. The number of morpholine rings is 1. The fourth-order valence-corrected chi connectivity index (χ4v) is 2.38. The first kappa shape index (κ1) is 15.9. The lowest BCUT2D eigenvalue weighted by Crippen LogP contribution is -2.46. The number of ether oxygens (including phenoxy) is 1. The Morgan fingerprint density at radius 3 is 2.89 bits per heavy atom. The number of rotatable bonds is 8. The highest BCUT2D eigenvalue weighted by Gasteiger charge is 2.20. The van der Waals surface area contributed by atoms with Crippen molar-refractivity contribution >= 4 is 0 Å². The van der Waals surface area contributed by atoms with Gasteiger partial charge in [-0.2, -0.15) is 0 Å². The normalized spacial score (nSPS) is 23.0. The van der Waals surface area contributed by atoms with E-state index in [0.29, 0.717) is 18.7 Å². The van der Waals surface area contributed by atoms with Gasteiger partial charge < -0.3 is 20.5 Å². The number of hydrogen-bond acceptors (Lipinski definition) is 4. The zero-order valence-corrected chi connectivity index (χ0v) is 12.2. The SMILES string of the molecule is CC(CC1COCCN1)NCC(C)(C)CCCO. The summed E-state index contributed by atoms with van der Waals surface area (Å²) < 4.78 is 5.46. The van der Waals surface area contributed by atoms with E-state index in [4.69, 9.17) is 9.84 Å². The zero-order chi connectivity index (χ0) is 13.4. The maximum Gasteiger partial charge on any atom is 0.0620 e. The van der Waals surface area contributed by atoms with E-state index >= 15 is 0 Å². The minimum Gasteiger partial charge on any atom is -0.396 e. The van der Waals surface area contributed by atoms with Gasteiger partial charge >= 0.3 is 0 Å². The van der Waals surface area contributed by atoms with Crippen LogP contribution in [-0.2, 0) is 4.74 Å². The summed E-state index contributed by atoms with van der Waals surface area (Å²) in [5.74, 6) is 0. The van der Waals surface area contributed by atoms with E-state index in [1.807, 2.05) is 0 Å². The minimum atomic E-state index is 0.257. The Kier molecular flexibility index (Phi) is 7.15. The van der Waals surface area contributed by atoms with E-state index in [-0.39, 0.29) is 5.41 Å². The molecular weight excluding hydrogens is 228 g/mol. The van der Waals surface area contributed by atoms with Gasteiger partial charge in [0.2, 0.25) is 0 Å². The van der Waals surface area contributed by atoms with E-state index in [9.17, 15) is 0 Å². The summed E-state index contributed by atoms with van der Waals surface area (Å²) in [5, 5.41) is 16.0. The van der Waals surface area contributed by atoms with Gasteiger partial charge in [-0.25, -0.2) is 0 Å². The zero-order valence-electron chi connectivity index (χ0n) is 12.2. The lowest BCUT2D eigenvalue weighted by Gasteiger charge is -2.30. The maximum absolute atomic E-state index is 8.88. The molecule has 0 aromatic rings. The molecule has 1 rings (SSSR count). The highest BCUT2D eigenvalue weighted by atomic mass is 16.5. The molecule has 1 fully saturated rings. The summed E-state index contributed by atoms with van der Waals surface area (Å²) in [6.45, 7) is 10.7. The van der Waals surface area contributed by atoms with E-state index < -0.39 is 0 Å². The predicted molar refractivity (Wildman–Crippen MR) is 74.8 cm³/mol. The van der Waals surface area contributed by atoms with Crippen molar-refractivity contribution in [1.82, 2.24) is 10.6 Å². The third-order valence-electron chi connectivity index (χ3n) is 3.58. The molecule has 1 aliphatic rings. The van der Waals surface area contributed by atoms with Gasteiger partial charge in [0.25, 0.3) is 0 Å². The molecule has 108 valence electrons. The Hall–Kier alpha value is -0.160. The predicted octanol–water partition coefficient (Wildman–Crippen LogP) is 1.14. The van der Waals surface area contributed by atoms with Crippen LogP contribution in [0.2, 0.25) is 0 Å². The van der Waals surface area contributed by atoms with Crippen LogP contribution in [0.15, 0.2) is 0 Å². The molecule has 0 aliphatic carbocycles. The smallest absolute Gasteiger partial charge is 0.0620 e. The lowest BCUT2D eigenvalue weighted by molar-refractivity contribution is 0.0707. The van der Waals surface area contributed by atoms with Crippen molar-refractivity contribution in [2.75, 3.05) is 32.9 Å². The summed E-state index contributed by atoms with van der Waals surface area (Å²) in [4.78, 5) is 0. The minimum absolute atomic E-state index is 0.257. The van der Waals surface area contributed by atoms with Crippen LogP contribution in [0.25, 0.3) is 0 Å². The quantitative estimate of drug-likeness (QED) is 0.611. The maximum atomic E-state index is 8.88. The Bertz CT molecular complexity index is 216. The third kappa shape index (κ3) is 6.69. The van der Waals surface area contributed by atoms with Gasteiger partial charge in [0.05, 0.1) is 13.2 Å². The highest BCUT2D eigenvalue weighted by molar-refractivity contribution is 4.78. The molecule has 4 heteroatoms. The van der Waals surface area contributed by atoms with Crippen LogP contribution in [0.3, 0.4) is 0 Å².